The molecule has 0 radical (unpaired) electrons. The lowest BCUT2D eigenvalue weighted by Crippen LogP contribution is -2.05. The molecule has 2 aromatic carbocycles. The molecule has 0 saturated heterocycles. The molecule has 24 heavy (non-hydrogen) atoms. The van der Waals surface area contributed by atoms with Gasteiger partial charge in [-0.3, -0.25) is 5.43 Å². The summed E-state index contributed by atoms with van der Waals surface area (Å²) in [5, 5.41) is 3.98. The molecule has 4 nitrogen and oxygen atoms in total. The first kappa shape index (κ1) is 17.7. The maximum absolute atomic E-state index is 12.7. The van der Waals surface area contributed by atoms with E-state index in [1.807, 2.05) is 6.92 Å². The third-order valence-corrected chi connectivity index (χ3v) is 3.11. The molecule has 0 amide bonds. The van der Waals surface area contributed by atoms with Crippen LogP contribution in [0.3, 0.4) is 0 Å². The van der Waals surface area contributed by atoms with Gasteiger partial charge in [0.25, 0.3) is 0 Å². The van der Waals surface area contributed by atoms with Gasteiger partial charge >= 0.3 is 6.18 Å². The van der Waals surface area contributed by atoms with Crippen LogP contribution >= 0.6 is 0 Å². The molecule has 0 fully saturated rings. The highest BCUT2D eigenvalue weighted by Gasteiger charge is 2.30. The molecule has 0 aliphatic heterocycles. The van der Waals surface area contributed by atoms with Crippen LogP contribution in [0.1, 0.15) is 18.1 Å². The molecule has 0 aliphatic rings. The summed E-state index contributed by atoms with van der Waals surface area (Å²) in [7, 11) is 1.53. The molecule has 0 bridgehead atoms. The number of hydrogen-bond donors (Lipinski definition) is 1. The maximum Gasteiger partial charge on any atom is 0.416 e. The zero-order valence-electron chi connectivity index (χ0n) is 13.2. The van der Waals surface area contributed by atoms with E-state index in [9.17, 15) is 13.2 Å². The van der Waals surface area contributed by atoms with E-state index in [2.05, 4.69) is 10.5 Å². The van der Waals surface area contributed by atoms with Crippen molar-refractivity contribution >= 4 is 11.9 Å². The average Bonchev–Trinajstić information content (AvgIpc) is 2.56. The van der Waals surface area contributed by atoms with E-state index in [0.29, 0.717) is 23.7 Å². The van der Waals surface area contributed by atoms with Crippen molar-refractivity contribution in [3.8, 4) is 11.5 Å². The molecule has 0 spiro atoms. The third kappa shape index (κ3) is 4.41. The Labute approximate surface area is 137 Å². The van der Waals surface area contributed by atoms with Gasteiger partial charge in [-0.1, -0.05) is 12.1 Å². The minimum atomic E-state index is -4.39. The Morgan fingerprint density at radius 1 is 1.17 bits per heavy atom. The molecule has 2 aromatic rings. The summed E-state index contributed by atoms with van der Waals surface area (Å²) in [5.41, 5.74) is 2.74. The molecule has 0 unspecified atom stereocenters. The van der Waals surface area contributed by atoms with Crippen molar-refractivity contribution in [2.45, 2.75) is 13.1 Å². The highest BCUT2D eigenvalue weighted by molar-refractivity contribution is 5.85. The predicted octanol–water partition coefficient (Wildman–Crippen LogP) is 4.56. The molecule has 0 heterocycles. The second kappa shape index (κ2) is 7.72. The summed E-state index contributed by atoms with van der Waals surface area (Å²) in [5.74, 6) is 1.08. The number of hydrazone groups is 1. The maximum atomic E-state index is 12.7. The first-order valence-electron chi connectivity index (χ1n) is 7.22. The minimum absolute atomic E-state index is 0.238. The van der Waals surface area contributed by atoms with Crippen molar-refractivity contribution in [3.63, 3.8) is 0 Å². The van der Waals surface area contributed by atoms with Crippen molar-refractivity contribution < 1.29 is 22.6 Å². The molecule has 1 N–H and O–H groups in total. The molecule has 0 atom stereocenters. The van der Waals surface area contributed by atoms with Crippen LogP contribution in [-0.2, 0) is 6.18 Å². The summed E-state index contributed by atoms with van der Waals surface area (Å²) in [6, 6.07) is 10.1. The van der Waals surface area contributed by atoms with Gasteiger partial charge in [0, 0.05) is 5.56 Å². The van der Waals surface area contributed by atoms with E-state index >= 15 is 0 Å². The van der Waals surface area contributed by atoms with E-state index in [-0.39, 0.29) is 5.69 Å². The molecule has 128 valence electrons. The second-order valence-corrected chi connectivity index (χ2v) is 4.76. The fourth-order valence-corrected chi connectivity index (χ4v) is 2.04. The van der Waals surface area contributed by atoms with Gasteiger partial charge in [0.05, 0.1) is 31.2 Å². The Morgan fingerprint density at radius 3 is 2.58 bits per heavy atom. The molecular weight excluding hydrogens is 321 g/mol. The van der Waals surface area contributed by atoms with E-state index in [0.717, 1.165) is 12.1 Å². The highest BCUT2D eigenvalue weighted by atomic mass is 19.4. The fraction of sp³-hybridized carbons (Fsp3) is 0.235. The largest absolute Gasteiger partial charge is 0.493 e. The predicted molar refractivity (Wildman–Crippen MR) is 86.8 cm³/mol. The van der Waals surface area contributed by atoms with Crippen molar-refractivity contribution in [1.82, 2.24) is 0 Å². The SMILES string of the molecule is CCOc1c(C=NNc2cccc(C(F)(F)F)c2)cccc1OC. The van der Waals surface area contributed by atoms with Crippen molar-refractivity contribution in [3.05, 3.63) is 53.6 Å². The zero-order chi connectivity index (χ0) is 17.6. The first-order valence-corrected chi connectivity index (χ1v) is 7.22. The van der Waals surface area contributed by atoms with Crippen LogP contribution in [0.2, 0.25) is 0 Å². The number of nitrogens with zero attached hydrogens (tertiary/aromatic N) is 1. The van der Waals surface area contributed by atoms with Crippen LogP contribution in [0, 0.1) is 0 Å². The molecule has 2 rings (SSSR count). The van der Waals surface area contributed by atoms with E-state index in [1.165, 1.54) is 25.5 Å². The number of para-hydroxylation sites is 1. The van der Waals surface area contributed by atoms with Gasteiger partial charge in [0.15, 0.2) is 11.5 Å². The standard InChI is InChI=1S/C17H17F3N2O2/c1-3-24-16-12(6-4-9-15(16)23-2)11-21-22-14-8-5-7-13(10-14)17(18,19)20/h4-11,22H,3H2,1-2H3. The quantitative estimate of drug-likeness (QED) is 0.620. The third-order valence-electron chi connectivity index (χ3n) is 3.11. The number of hydrogen-bond acceptors (Lipinski definition) is 4. The summed E-state index contributed by atoms with van der Waals surface area (Å²) in [4.78, 5) is 0. The fourth-order valence-electron chi connectivity index (χ4n) is 2.04. The van der Waals surface area contributed by atoms with Gasteiger partial charge in [-0.05, 0) is 37.3 Å². The monoisotopic (exact) mass is 338 g/mol. The summed E-state index contributed by atoms with van der Waals surface area (Å²) in [6.07, 6.45) is -2.93. The Morgan fingerprint density at radius 2 is 1.92 bits per heavy atom. The summed E-state index contributed by atoms with van der Waals surface area (Å²) < 4.78 is 48.8. The van der Waals surface area contributed by atoms with Crippen LogP contribution in [0.4, 0.5) is 18.9 Å². The van der Waals surface area contributed by atoms with E-state index < -0.39 is 11.7 Å². The number of benzene rings is 2. The van der Waals surface area contributed by atoms with Crippen LogP contribution < -0.4 is 14.9 Å². The number of alkyl halides is 3. The number of rotatable bonds is 6. The second-order valence-electron chi connectivity index (χ2n) is 4.76. The van der Waals surface area contributed by atoms with Gasteiger partial charge < -0.3 is 9.47 Å². The minimum Gasteiger partial charge on any atom is -0.493 e. The lowest BCUT2D eigenvalue weighted by molar-refractivity contribution is -0.137. The topological polar surface area (TPSA) is 42.8 Å². The van der Waals surface area contributed by atoms with Crippen LogP contribution in [0.5, 0.6) is 11.5 Å². The molecule has 0 saturated carbocycles. The number of halogens is 3. The molecule has 7 heteroatoms. The number of nitrogens with one attached hydrogen (secondary N) is 1. The van der Waals surface area contributed by atoms with Gasteiger partial charge in [-0.2, -0.15) is 18.3 Å². The number of ether oxygens (including phenoxy) is 2. The molecule has 0 aromatic heterocycles. The lowest BCUT2D eigenvalue weighted by Gasteiger charge is -2.11. The molecular formula is C17H17F3N2O2. The Balaban J connectivity index is 2.18. The van der Waals surface area contributed by atoms with Gasteiger partial charge in [-0.25, -0.2) is 0 Å². The number of methoxy groups -OCH3 is 1. The average molecular weight is 338 g/mol. The van der Waals surface area contributed by atoms with E-state index in [1.54, 1.807) is 18.2 Å². The number of anilines is 1. The van der Waals surface area contributed by atoms with Gasteiger partial charge in [0.2, 0.25) is 0 Å². The van der Waals surface area contributed by atoms with Crippen LogP contribution in [-0.4, -0.2) is 19.9 Å². The lowest BCUT2D eigenvalue weighted by atomic mass is 10.2. The summed E-state index contributed by atoms with van der Waals surface area (Å²) >= 11 is 0. The van der Waals surface area contributed by atoms with Crippen molar-refractivity contribution in [1.29, 1.82) is 0 Å². The Bertz CT molecular complexity index is 715. The van der Waals surface area contributed by atoms with Gasteiger partial charge in [0.1, 0.15) is 0 Å². The zero-order valence-corrected chi connectivity index (χ0v) is 13.2. The van der Waals surface area contributed by atoms with E-state index in [4.69, 9.17) is 9.47 Å². The van der Waals surface area contributed by atoms with Crippen molar-refractivity contribution in [2.24, 2.45) is 5.10 Å². The summed E-state index contributed by atoms with van der Waals surface area (Å²) in [6.45, 7) is 2.29. The van der Waals surface area contributed by atoms with Crippen LogP contribution in [0.25, 0.3) is 0 Å². The normalized spacial score (nSPS) is 11.5. The van der Waals surface area contributed by atoms with Crippen molar-refractivity contribution in [2.75, 3.05) is 19.1 Å². The Kier molecular flexibility index (Phi) is 5.68. The Hall–Kier alpha value is -2.70. The molecule has 0 aliphatic carbocycles. The first-order chi connectivity index (χ1) is 11.5. The van der Waals surface area contributed by atoms with Crippen LogP contribution in [0.15, 0.2) is 47.6 Å². The smallest absolute Gasteiger partial charge is 0.416 e. The van der Waals surface area contributed by atoms with Gasteiger partial charge in [-0.15, -0.1) is 0 Å². The highest BCUT2D eigenvalue weighted by Crippen LogP contribution is 2.31.